The SMILES string of the molecule is CSc1nc(C)c(CCC(=O)N2CCC(C(=O)N3CCCCCC3)CC2)c(C)n1. The van der Waals surface area contributed by atoms with Crippen LogP contribution in [0.1, 0.15) is 61.9 Å². The molecule has 0 spiro atoms. The van der Waals surface area contributed by atoms with Gasteiger partial charge in [-0.2, -0.15) is 0 Å². The Hall–Kier alpha value is -1.63. The number of thioether (sulfide) groups is 1. The molecule has 0 bridgehead atoms. The topological polar surface area (TPSA) is 66.4 Å². The van der Waals surface area contributed by atoms with Crippen molar-refractivity contribution in [3.8, 4) is 0 Å². The molecule has 2 aliphatic heterocycles. The molecule has 0 unspecified atom stereocenters. The molecule has 29 heavy (non-hydrogen) atoms. The molecule has 0 aliphatic carbocycles. The van der Waals surface area contributed by atoms with Crippen LogP contribution >= 0.6 is 11.8 Å². The van der Waals surface area contributed by atoms with Crippen molar-refractivity contribution in [3.05, 3.63) is 17.0 Å². The van der Waals surface area contributed by atoms with Gasteiger partial charge < -0.3 is 9.80 Å². The molecule has 6 nitrogen and oxygen atoms in total. The summed E-state index contributed by atoms with van der Waals surface area (Å²) >= 11 is 1.54. The van der Waals surface area contributed by atoms with Crippen molar-refractivity contribution in [1.29, 1.82) is 0 Å². The van der Waals surface area contributed by atoms with Crippen LogP contribution in [0.5, 0.6) is 0 Å². The number of hydrogen-bond donors (Lipinski definition) is 0. The zero-order valence-electron chi connectivity index (χ0n) is 18.1. The average Bonchev–Trinajstić information content (AvgIpc) is 3.02. The third-order valence-electron chi connectivity index (χ3n) is 6.29. The van der Waals surface area contributed by atoms with Gasteiger partial charge in [-0.3, -0.25) is 9.59 Å². The molecule has 1 aromatic heterocycles. The average molecular weight is 419 g/mol. The van der Waals surface area contributed by atoms with E-state index >= 15 is 0 Å². The first-order valence-electron chi connectivity index (χ1n) is 10.9. The van der Waals surface area contributed by atoms with Gasteiger partial charge in [-0.25, -0.2) is 9.97 Å². The fraction of sp³-hybridized carbons (Fsp3) is 0.727. The Labute approximate surface area is 178 Å². The highest BCUT2D eigenvalue weighted by molar-refractivity contribution is 7.98. The Balaban J connectivity index is 1.48. The van der Waals surface area contributed by atoms with Crippen molar-refractivity contribution in [3.63, 3.8) is 0 Å². The fourth-order valence-electron chi connectivity index (χ4n) is 4.48. The van der Waals surface area contributed by atoms with Crippen molar-refractivity contribution >= 4 is 23.6 Å². The number of likely N-dealkylation sites (tertiary alicyclic amines) is 2. The van der Waals surface area contributed by atoms with E-state index in [4.69, 9.17) is 0 Å². The van der Waals surface area contributed by atoms with Crippen LogP contribution in [-0.2, 0) is 16.0 Å². The van der Waals surface area contributed by atoms with Crippen LogP contribution in [-0.4, -0.2) is 64.0 Å². The minimum Gasteiger partial charge on any atom is -0.343 e. The number of aromatic nitrogens is 2. The van der Waals surface area contributed by atoms with E-state index < -0.39 is 0 Å². The molecule has 3 rings (SSSR count). The maximum absolute atomic E-state index is 12.8. The van der Waals surface area contributed by atoms with Gasteiger partial charge in [0.15, 0.2) is 5.16 Å². The predicted molar refractivity (Wildman–Crippen MR) is 116 cm³/mol. The lowest BCUT2D eigenvalue weighted by atomic mass is 9.94. The van der Waals surface area contributed by atoms with Crippen molar-refractivity contribution < 1.29 is 9.59 Å². The minimum absolute atomic E-state index is 0.0918. The van der Waals surface area contributed by atoms with Crippen molar-refractivity contribution in [1.82, 2.24) is 19.8 Å². The van der Waals surface area contributed by atoms with Gasteiger partial charge in [0.1, 0.15) is 0 Å². The molecule has 2 saturated heterocycles. The van der Waals surface area contributed by atoms with Crippen LogP contribution in [0.25, 0.3) is 0 Å². The Morgan fingerprint density at radius 2 is 1.52 bits per heavy atom. The molecule has 0 N–H and O–H groups in total. The van der Waals surface area contributed by atoms with E-state index in [0.717, 1.165) is 60.9 Å². The molecule has 160 valence electrons. The van der Waals surface area contributed by atoms with E-state index in [0.29, 0.717) is 31.8 Å². The zero-order valence-corrected chi connectivity index (χ0v) is 18.9. The van der Waals surface area contributed by atoms with Gasteiger partial charge in [0.05, 0.1) is 0 Å². The number of aryl methyl sites for hydroxylation is 2. The molecule has 0 saturated carbocycles. The van der Waals surface area contributed by atoms with E-state index in [1.807, 2.05) is 25.0 Å². The highest BCUT2D eigenvalue weighted by Crippen LogP contribution is 2.23. The normalized spacial score (nSPS) is 18.6. The second-order valence-electron chi connectivity index (χ2n) is 8.25. The quantitative estimate of drug-likeness (QED) is 0.542. The van der Waals surface area contributed by atoms with Gasteiger partial charge in [-0.15, -0.1) is 0 Å². The highest BCUT2D eigenvalue weighted by atomic mass is 32.2. The fourth-order valence-corrected chi connectivity index (χ4v) is 4.93. The third kappa shape index (κ3) is 5.71. The number of amides is 2. The molecule has 0 aromatic carbocycles. The predicted octanol–water partition coefficient (Wildman–Crippen LogP) is 3.39. The number of hydrogen-bond acceptors (Lipinski definition) is 5. The van der Waals surface area contributed by atoms with Crippen LogP contribution in [0.3, 0.4) is 0 Å². The molecule has 0 atom stereocenters. The van der Waals surface area contributed by atoms with E-state index in [-0.39, 0.29) is 11.8 Å². The standard InChI is InChI=1S/C22H34N4O2S/c1-16-19(17(2)24-22(23-16)29-3)8-9-20(27)25-14-10-18(11-15-25)21(28)26-12-6-4-5-7-13-26/h18H,4-15H2,1-3H3. The summed E-state index contributed by atoms with van der Waals surface area (Å²) in [4.78, 5) is 38.6. The Morgan fingerprint density at radius 3 is 2.07 bits per heavy atom. The van der Waals surface area contributed by atoms with Gasteiger partial charge in [0, 0.05) is 49.9 Å². The maximum Gasteiger partial charge on any atom is 0.225 e. The molecule has 2 amide bonds. The Bertz CT molecular complexity index is 701. The van der Waals surface area contributed by atoms with Crippen molar-refractivity contribution in [2.45, 2.75) is 70.4 Å². The summed E-state index contributed by atoms with van der Waals surface area (Å²) in [5, 5.41) is 0.784. The lowest BCUT2D eigenvalue weighted by molar-refractivity contribution is -0.140. The molecule has 2 fully saturated rings. The second-order valence-corrected chi connectivity index (χ2v) is 9.03. The Kier molecular flexibility index (Phi) is 7.92. The maximum atomic E-state index is 12.8. The number of piperidine rings is 1. The van der Waals surface area contributed by atoms with Gasteiger partial charge in [0.25, 0.3) is 0 Å². The second kappa shape index (κ2) is 10.4. The molecule has 3 heterocycles. The molecular formula is C22H34N4O2S. The summed E-state index contributed by atoms with van der Waals surface area (Å²) in [5.74, 6) is 0.587. The van der Waals surface area contributed by atoms with E-state index in [9.17, 15) is 9.59 Å². The monoisotopic (exact) mass is 418 g/mol. The highest BCUT2D eigenvalue weighted by Gasteiger charge is 2.30. The Morgan fingerprint density at radius 1 is 0.931 bits per heavy atom. The molecular weight excluding hydrogens is 384 g/mol. The minimum atomic E-state index is 0.0918. The number of rotatable bonds is 5. The van der Waals surface area contributed by atoms with Gasteiger partial charge in [0.2, 0.25) is 11.8 Å². The largest absolute Gasteiger partial charge is 0.343 e. The van der Waals surface area contributed by atoms with Crippen LogP contribution in [0.4, 0.5) is 0 Å². The molecule has 2 aliphatic rings. The summed E-state index contributed by atoms with van der Waals surface area (Å²) in [5.41, 5.74) is 3.02. The summed E-state index contributed by atoms with van der Waals surface area (Å²) < 4.78 is 0. The summed E-state index contributed by atoms with van der Waals surface area (Å²) in [6.07, 6.45) is 9.45. The lowest BCUT2D eigenvalue weighted by Gasteiger charge is -2.34. The van der Waals surface area contributed by atoms with Gasteiger partial charge in [-0.05, 0) is 57.8 Å². The first kappa shape index (κ1) is 22.1. The smallest absolute Gasteiger partial charge is 0.225 e. The van der Waals surface area contributed by atoms with Crippen molar-refractivity contribution in [2.24, 2.45) is 5.92 Å². The van der Waals surface area contributed by atoms with Crippen molar-refractivity contribution in [2.75, 3.05) is 32.4 Å². The van der Waals surface area contributed by atoms with E-state index in [1.54, 1.807) is 0 Å². The van der Waals surface area contributed by atoms with E-state index in [2.05, 4.69) is 14.9 Å². The van der Waals surface area contributed by atoms with Crippen LogP contribution in [0, 0.1) is 19.8 Å². The zero-order chi connectivity index (χ0) is 20.8. The summed E-state index contributed by atoms with van der Waals surface area (Å²) in [6, 6.07) is 0. The third-order valence-corrected chi connectivity index (χ3v) is 6.83. The summed E-state index contributed by atoms with van der Waals surface area (Å²) in [6.45, 7) is 7.20. The van der Waals surface area contributed by atoms with Gasteiger partial charge in [-0.1, -0.05) is 24.6 Å². The number of carbonyl (C=O) groups is 2. The first-order valence-corrected chi connectivity index (χ1v) is 12.2. The molecule has 7 heteroatoms. The summed E-state index contributed by atoms with van der Waals surface area (Å²) in [7, 11) is 0. The molecule has 1 aromatic rings. The molecule has 0 radical (unpaired) electrons. The first-order chi connectivity index (χ1) is 14.0. The van der Waals surface area contributed by atoms with Crippen LogP contribution in [0.2, 0.25) is 0 Å². The van der Waals surface area contributed by atoms with Crippen LogP contribution in [0.15, 0.2) is 5.16 Å². The number of nitrogens with zero attached hydrogens (tertiary/aromatic N) is 4. The van der Waals surface area contributed by atoms with Crippen LogP contribution < -0.4 is 0 Å². The lowest BCUT2D eigenvalue weighted by Crippen LogP contribution is -2.44. The number of carbonyl (C=O) groups excluding carboxylic acids is 2. The van der Waals surface area contributed by atoms with E-state index in [1.165, 1.54) is 24.6 Å². The van der Waals surface area contributed by atoms with Gasteiger partial charge >= 0.3 is 0 Å².